The first kappa shape index (κ1) is 21.8. The van der Waals surface area contributed by atoms with E-state index < -0.39 is 0 Å². The smallest absolute Gasteiger partial charge is 0.328 e. The highest BCUT2D eigenvalue weighted by Gasteiger charge is 2.18. The fourth-order valence-corrected chi connectivity index (χ4v) is 3.83. The SMILES string of the molecule is CCCCOc1ncc2[nH]c(=O)n(Cc3ccc(N4CCN(CC(N)=O)CC4)cc3)c2n1. The summed E-state index contributed by atoms with van der Waals surface area (Å²) in [5, 5.41) is 0. The fraction of sp³-hybridized carbons (Fsp3) is 0.455. The van der Waals surface area contributed by atoms with Crippen molar-refractivity contribution in [2.45, 2.75) is 26.3 Å². The Hall–Kier alpha value is -3.40. The van der Waals surface area contributed by atoms with Crippen LogP contribution in [0.4, 0.5) is 5.69 Å². The first-order valence-electron chi connectivity index (χ1n) is 11.0. The number of nitrogens with zero attached hydrogens (tertiary/aromatic N) is 5. The molecule has 3 aromatic rings. The van der Waals surface area contributed by atoms with Crippen LogP contribution in [0.3, 0.4) is 0 Å². The van der Waals surface area contributed by atoms with E-state index in [2.05, 4.69) is 43.8 Å². The Bertz CT molecular complexity index is 1110. The number of fused-ring (bicyclic) bond motifs is 1. The molecule has 0 aliphatic carbocycles. The van der Waals surface area contributed by atoms with Crippen molar-refractivity contribution in [2.24, 2.45) is 5.73 Å². The van der Waals surface area contributed by atoms with Crippen LogP contribution < -0.4 is 21.1 Å². The molecule has 1 aromatic carbocycles. The Labute approximate surface area is 186 Å². The van der Waals surface area contributed by atoms with Gasteiger partial charge in [-0.25, -0.2) is 9.78 Å². The van der Waals surface area contributed by atoms with Crippen LogP contribution in [-0.4, -0.2) is 69.7 Å². The van der Waals surface area contributed by atoms with E-state index in [0.717, 1.165) is 50.3 Å². The quantitative estimate of drug-likeness (QED) is 0.476. The van der Waals surface area contributed by atoms with Crippen LogP contribution in [0.15, 0.2) is 35.3 Å². The summed E-state index contributed by atoms with van der Waals surface area (Å²) in [6.07, 6.45) is 3.53. The third kappa shape index (κ3) is 5.08. The minimum Gasteiger partial charge on any atom is -0.463 e. The number of carbonyl (C=O) groups is 1. The molecule has 0 radical (unpaired) electrons. The number of unbranched alkanes of at least 4 members (excludes halogenated alkanes) is 1. The highest BCUT2D eigenvalue weighted by atomic mass is 16.5. The van der Waals surface area contributed by atoms with Crippen LogP contribution in [0.1, 0.15) is 25.3 Å². The predicted octanol–water partition coefficient (Wildman–Crippen LogP) is 0.954. The molecular formula is C22H29N7O3. The molecule has 0 unspecified atom stereocenters. The van der Waals surface area contributed by atoms with Crippen LogP contribution >= 0.6 is 0 Å². The van der Waals surface area contributed by atoms with Crippen molar-refractivity contribution < 1.29 is 9.53 Å². The van der Waals surface area contributed by atoms with Gasteiger partial charge in [0.25, 0.3) is 0 Å². The minimum absolute atomic E-state index is 0.227. The molecule has 10 heteroatoms. The number of piperazine rings is 1. The lowest BCUT2D eigenvalue weighted by Crippen LogP contribution is -2.48. The summed E-state index contributed by atoms with van der Waals surface area (Å²) in [7, 11) is 0. The zero-order valence-electron chi connectivity index (χ0n) is 18.3. The predicted molar refractivity (Wildman–Crippen MR) is 122 cm³/mol. The van der Waals surface area contributed by atoms with E-state index in [-0.39, 0.29) is 17.6 Å². The van der Waals surface area contributed by atoms with E-state index in [1.54, 1.807) is 10.8 Å². The molecule has 1 aliphatic heterocycles. The molecule has 3 heterocycles. The largest absolute Gasteiger partial charge is 0.463 e. The molecule has 1 amide bonds. The van der Waals surface area contributed by atoms with Gasteiger partial charge in [-0.1, -0.05) is 25.5 Å². The Morgan fingerprint density at radius 3 is 2.62 bits per heavy atom. The lowest BCUT2D eigenvalue weighted by Gasteiger charge is -2.35. The van der Waals surface area contributed by atoms with Crippen LogP contribution in [0, 0.1) is 0 Å². The van der Waals surface area contributed by atoms with Gasteiger partial charge in [0.2, 0.25) is 5.91 Å². The number of primary amides is 1. The molecule has 0 saturated carbocycles. The van der Waals surface area contributed by atoms with Crippen molar-refractivity contribution >= 4 is 22.8 Å². The number of aromatic amines is 1. The van der Waals surface area contributed by atoms with Crippen molar-refractivity contribution in [3.05, 3.63) is 46.5 Å². The number of nitrogens with one attached hydrogen (secondary N) is 1. The van der Waals surface area contributed by atoms with Crippen molar-refractivity contribution in [2.75, 3.05) is 44.2 Å². The lowest BCUT2D eigenvalue weighted by atomic mass is 10.1. The van der Waals surface area contributed by atoms with Crippen LogP contribution in [0.2, 0.25) is 0 Å². The number of anilines is 1. The number of hydrogen-bond acceptors (Lipinski definition) is 7. The molecule has 170 valence electrons. The molecule has 3 N–H and O–H groups in total. The molecule has 0 bridgehead atoms. The number of carbonyl (C=O) groups excluding carboxylic acids is 1. The molecule has 1 saturated heterocycles. The number of aromatic nitrogens is 4. The van der Waals surface area contributed by atoms with E-state index >= 15 is 0 Å². The van der Waals surface area contributed by atoms with Gasteiger partial charge in [-0.15, -0.1) is 0 Å². The highest BCUT2D eigenvalue weighted by molar-refractivity contribution is 5.76. The van der Waals surface area contributed by atoms with Crippen molar-refractivity contribution in [3.63, 3.8) is 0 Å². The third-order valence-corrected chi connectivity index (χ3v) is 5.61. The number of ether oxygens (including phenoxy) is 1. The molecule has 0 atom stereocenters. The Morgan fingerprint density at radius 1 is 1.19 bits per heavy atom. The van der Waals surface area contributed by atoms with E-state index in [1.165, 1.54) is 0 Å². The first-order valence-corrected chi connectivity index (χ1v) is 11.0. The van der Waals surface area contributed by atoms with E-state index in [9.17, 15) is 9.59 Å². The monoisotopic (exact) mass is 439 g/mol. The second-order valence-corrected chi connectivity index (χ2v) is 8.00. The van der Waals surface area contributed by atoms with E-state index in [0.29, 0.717) is 30.9 Å². The molecule has 1 aliphatic rings. The molecule has 10 nitrogen and oxygen atoms in total. The third-order valence-electron chi connectivity index (χ3n) is 5.61. The number of hydrogen-bond donors (Lipinski definition) is 2. The maximum Gasteiger partial charge on any atom is 0.328 e. The van der Waals surface area contributed by atoms with E-state index in [4.69, 9.17) is 10.5 Å². The van der Waals surface area contributed by atoms with Crippen LogP contribution in [0.5, 0.6) is 6.01 Å². The number of nitrogens with two attached hydrogens (primary N) is 1. The Balaban J connectivity index is 1.44. The summed E-state index contributed by atoms with van der Waals surface area (Å²) in [5.41, 5.74) is 8.29. The number of imidazole rings is 1. The van der Waals surface area contributed by atoms with Gasteiger partial charge >= 0.3 is 11.7 Å². The van der Waals surface area contributed by atoms with Gasteiger partial charge in [-0.2, -0.15) is 4.98 Å². The van der Waals surface area contributed by atoms with Gasteiger partial charge in [0.15, 0.2) is 5.65 Å². The maximum absolute atomic E-state index is 12.5. The standard InChI is InChI=1S/C22H29N7O3/c1-2-3-12-32-21-24-13-18-20(26-21)29(22(31)25-18)14-16-4-6-17(7-5-16)28-10-8-27(9-11-28)15-19(23)30/h4-7,13H,2-3,8-12,14-15H2,1H3,(H2,23,30)(H,25,31). The van der Waals surface area contributed by atoms with E-state index in [1.807, 2.05) is 12.1 Å². The molecule has 4 rings (SSSR count). The van der Waals surface area contributed by atoms with Gasteiger partial charge < -0.3 is 20.4 Å². The first-order chi connectivity index (χ1) is 15.5. The summed E-state index contributed by atoms with van der Waals surface area (Å²) in [4.78, 5) is 39.3. The number of rotatable bonds is 9. The zero-order valence-corrected chi connectivity index (χ0v) is 18.3. The molecule has 2 aromatic heterocycles. The maximum atomic E-state index is 12.5. The minimum atomic E-state index is -0.291. The molecule has 32 heavy (non-hydrogen) atoms. The topological polar surface area (TPSA) is 122 Å². The summed E-state index contributed by atoms with van der Waals surface area (Å²) < 4.78 is 7.19. The average Bonchev–Trinajstić information content (AvgIpc) is 3.09. The van der Waals surface area contributed by atoms with Gasteiger partial charge in [0, 0.05) is 31.9 Å². The summed E-state index contributed by atoms with van der Waals surface area (Å²) in [6.45, 7) is 6.63. The molecule has 1 fully saturated rings. The summed E-state index contributed by atoms with van der Waals surface area (Å²) in [5.74, 6) is -0.291. The van der Waals surface area contributed by atoms with Crippen molar-refractivity contribution in [3.8, 4) is 6.01 Å². The lowest BCUT2D eigenvalue weighted by molar-refractivity contribution is -0.119. The second kappa shape index (κ2) is 9.82. The average molecular weight is 440 g/mol. The van der Waals surface area contributed by atoms with Crippen LogP contribution in [-0.2, 0) is 11.3 Å². The Kier molecular flexibility index (Phi) is 6.69. The number of benzene rings is 1. The van der Waals surface area contributed by atoms with Gasteiger partial charge in [-0.05, 0) is 24.1 Å². The van der Waals surface area contributed by atoms with Crippen molar-refractivity contribution in [1.82, 2.24) is 24.4 Å². The van der Waals surface area contributed by atoms with Crippen LogP contribution in [0.25, 0.3) is 11.2 Å². The summed E-state index contributed by atoms with van der Waals surface area (Å²) in [6, 6.07) is 8.46. The summed E-state index contributed by atoms with van der Waals surface area (Å²) >= 11 is 0. The normalized spacial score (nSPS) is 14.7. The number of H-pyrrole nitrogens is 1. The molecule has 0 spiro atoms. The fourth-order valence-electron chi connectivity index (χ4n) is 3.83. The second-order valence-electron chi connectivity index (χ2n) is 8.00. The zero-order chi connectivity index (χ0) is 22.5. The van der Waals surface area contributed by atoms with Crippen molar-refractivity contribution in [1.29, 1.82) is 0 Å². The molecular weight excluding hydrogens is 410 g/mol. The van der Waals surface area contributed by atoms with Gasteiger partial charge in [0.05, 0.1) is 25.9 Å². The van der Waals surface area contributed by atoms with Gasteiger partial charge in [0.1, 0.15) is 5.52 Å². The number of amides is 1. The van der Waals surface area contributed by atoms with Gasteiger partial charge in [-0.3, -0.25) is 14.3 Å². The highest BCUT2D eigenvalue weighted by Crippen LogP contribution is 2.19. The Morgan fingerprint density at radius 2 is 1.94 bits per heavy atom.